The van der Waals surface area contributed by atoms with Gasteiger partial charge in [0.1, 0.15) is 31.0 Å². The third-order valence-corrected chi connectivity index (χ3v) is 5.01. The van der Waals surface area contributed by atoms with Crippen LogP contribution in [0.1, 0.15) is 11.1 Å². The molecule has 0 spiro atoms. The molecule has 0 aliphatic carbocycles. The first-order valence-corrected chi connectivity index (χ1v) is 9.15. The molecular weight excluding hydrogens is 340 g/mol. The van der Waals surface area contributed by atoms with Gasteiger partial charge in [0.2, 0.25) is 5.79 Å². The molecule has 7 nitrogen and oxygen atoms in total. The molecule has 4 heterocycles. The van der Waals surface area contributed by atoms with E-state index >= 15 is 0 Å². The van der Waals surface area contributed by atoms with Gasteiger partial charge < -0.3 is 33.2 Å². The summed E-state index contributed by atoms with van der Waals surface area (Å²) >= 11 is 0. The van der Waals surface area contributed by atoms with Crippen LogP contribution in [0.5, 0.6) is 0 Å². The van der Waals surface area contributed by atoms with E-state index < -0.39 is 5.79 Å². The Morgan fingerprint density at radius 1 is 0.885 bits per heavy atom. The molecule has 4 saturated heterocycles. The molecule has 4 unspecified atom stereocenters. The molecule has 4 aliphatic rings. The van der Waals surface area contributed by atoms with E-state index in [1.807, 2.05) is 0 Å². The van der Waals surface area contributed by atoms with Crippen molar-refractivity contribution in [3.05, 3.63) is 35.4 Å². The molecule has 4 aliphatic heterocycles. The van der Waals surface area contributed by atoms with Gasteiger partial charge in [0, 0.05) is 0 Å². The smallest absolute Gasteiger partial charge is 0.216 e. The molecule has 0 bridgehead atoms. The van der Waals surface area contributed by atoms with E-state index in [1.54, 1.807) is 0 Å². The first kappa shape index (κ1) is 17.1. The fraction of sp³-hybridized carbons (Fsp3) is 0.684. The zero-order valence-electron chi connectivity index (χ0n) is 14.7. The van der Waals surface area contributed by atoms with Gasteiger partial charge >= 0.3 is 0 Å². The number of hydrogen-bond acceptors (Lipinski definition) is 7. The van der Waals surface area contributed by atoms with E-state index in [2.05, 4.69) is 24.3 Å². The molecule has 0 N–H and O–H groups in total. The van der Waals surface area contributed by atoms with Gasteiger partial charge in [-0.25, -0.2) is 0 Å². The van der Waals surface area contributed by atoms with Crippen molar-refractivity contribution in [1.29, 1.82) is 0 Å². The zero-order chi connectivity index (χ0) is 17.5. The van der Waals surface area contributed by atoms with Gasteiger partial charge in [-0.05, 0) is 11.1 Å². The summed E-state index contributed by atoms with van der Waals surface area (Å²) in [6.45, 7) is 5.66. The van der Waals surface area contributed by atoms with Crippen molar-refractivity contribution in [2.75, 3.05) is 52.9 Å². The van der Waals surface area contributed by atoms with Gasteiger partial charge in [-0.2, -0.15) is 0 Å². The third kappa shape index (κ3) is 4.26. The number of hydrogen-bond donors (Lipinski definition) is 0. The van der Waals surface area contributed by atoms with Crippen LogP contribution in [-0.2, 0) is 45.4 Å². The van der Waals surface area contributed by atoms with E-state index in [0.29, 0.717) is 46.2 Å². The highest BCUT2D eigenvalue weighted by molar-refractivity contribution is 5.30. The van der Waals surface area contributed by atoms with Crippen LogP contribution in [0, 0.1) is 0 Å². The molecule has 5 rings (SSSR count). The normalized spacial score (nSPS) is 36.8. The van der Waals surface area contributed by atoms with Crippen LogP contribution in [0.25, 0.3) is 0 Å². The molecule has 0 amide bonds. The molecular formula is C19H24O7. The Morgan fingerprint density at radius 2 is 1.50 bits per heavy atom. The van der Waals surface area contributed by atoms with E-state index in [9.17, 15) is 0 Å². The molecule has 1 aromatic carbocycles. The maximum atomic E-state index is 5.91. The van der Waals surface area contributed by atoms with Gasteiger partial charge in [-0.1, -0.05) is 24.3 Å². The lowest BCUT2D eigenvalue weighted by atomic mass is 9.99. The zero-order valence-corrected chi connectivity index (χ0v) is 14.7. The van der Waals surface area contributed by atoms with Crippen LogP contribution in [0.2, 0.25) is 0 Å². The van der Waals surface area contributed by atoms with Crippen molar-refractivity contribution in [3.63, 3.8) is 0 Å². The van der Waals surface area contributed by atoms with Gasteiger partial charge in [-0.15, -0.1) is 0 Å². The van der Waals surface area contributed by atoms with Crippen LogP contribution >= 0.6 is 0 Å². The van der Waals surface area contributed by atoms with Crippen LogP contribution in [0.15, 0.2) is 24.3 Å². The molecule has 26 heavy (non-hydrogen) atoms. The fourth-order valence-electron chi connectivity index (χ4n) is 2.86. The Balaban J connectivity index is 1.08. The van der Waals surface area contributed by atoms with Crippen molar-refractivity contribution in [3.8, 4) is 0 Å². The third-order valence-electron chi connectivity index (χ3n) is 5.01. The number of rotatable bonds is 12. The highest BCUT2D eigenvalue weighted by Crippen LogP contribution is 2.39. The molecule has 142 valence electrons. The second-order valence-electron chi connectivity index (χ2n) is 7.41. The van der Waals surface area contributed by atoms with Crippen LogP contribution in [0.3, 0.4) is 0 Å². The van der Waals surface area contributed by atoms with Gasteiger partial charge in [0.15, 0.2) is 0 Å². The minimum absolute atomic E-state index is 0.260. The van der Waals surface area contributed by atoms with Crippen molar-refractivity contribution < 1.29 is 33.2 Å². The lowest BCUT2D eigenvalue weighted by Gasteiger charge is -2.15. The predicted molar refractivity (Wildman–Crippen MR) is 88.7 cm³/mol. The van der Waals surface area contributed by atoms with Crippen molar-refractivity contribution >= 4 is 0 Å². The lowest BCUT2D eigenvalue weighted by molar-refractivity contribution is -0.103. The summed E-state index contributed by atoms with van der Waals surface area (Å²) in [5.74, 6) is -0.576. The first-order valence-electron chi connectivity index (χ1n) is 9.15. The SMILES string of the molecule is c1cc(C2(COCC3CO3)CO2)ccc1COC1(COCC2CO2)CO1. The number of benzene rings is 1. The van der Waals surface area contributed by atoms with E-state index in [-0.39, 0.29) is 17.8 Å². The second kappa shape index (κ2) is 6.83. The van der Waals surface area contributed by atoms with E-state index in [0.717, 1.165) is 24.3 Å². The monoisotopic (exact) mass is 364 g/mol. The largest absolute Gasteiger partial charge is 0.375 e. The Hall–Kier alpha value is -1.06. The maximum absolute atomic E-state index is 5.91. The summed E-state index contributed by atoms with van der Waals surface area (Å²) in [7, 11) is 0. The van der Waals surface area contributed by atoms with Crippen LogP contribution in [0.4, 0.5) is 0 Å². The van der Waals surface area contributed by atoms with Crippen molar-refractivity contribution in [2.45, 2.75) is 30.2 Å². The average Bonchev–Trinajstić information content (AvgIpc) is 3.51. The summed E-state index contributed by atoms with van der Waals surface area (Å²) in [4.78, 5) is 0. The molecule has 1 aromatic rings. The van der Waals surface area contributed by atoms with E-state index in [1.165, 1.54) is 0 Å². The van der Waals surface area contributed by atoms with Gasteiger partial charge in [-0.3, -0.25) is 0 Å². The van der Waals surface area contributed by atoms with Crippen molar-refractivity contribution in [1.82, 2.24) is 0 Å². The average molecular weight is 364 g/mol. The molecule has 0 saturated carbocycles. The Morgan fingerprint density at radius 3 is 2.04 bits per heavy atom. The summed E-state index contributed by atoms with van der Waals surface area (Å²) in [5.41, 5.74) is 1.95. The maximum Gasteiger partial charge on any atom is 0.216 e. The van der Waals surface area contributed by atoms with Gasteiger partial charge in [0.25, 0.3) is 0 Å². The Labute approximate surface area is 152 Å². The molecule has 4 fully saturated rings. The summed E-state index contributed by atoms with van der Waals surface area (Å²) < 4.78 is 38.6. The minimum Gasteiger partial charge on any atom is -0.375 e. The van der Waals surface area contributed by atoms with Gasteiger partial charge in [0.05, 0.1) is 46.2 Å². The standard InChI is InChI=1S/C19H24O7/c1-3-15(18(11-25-18)10-20-6-16-8-22-16)4-2-14(1)5-24-19(13-26-19)12-21-7-17-9-23-17/h1-4,16-17H,5-13H2. The Kier molecular flexibility index (Phi) is 4.48. The molecule has 0 aromatic heterocycles. The number of epoxide rings is 4. The lowest BCUT2D eigenvalue weighted by Crippen LogP contribution is -2.24. The van der Waals surface area contributed by atoms with Crippen molar-refractivity contribution in [2.24, 2.45) is 0 Å². The van der Waals surface area contributed by atoms with Crippen LogP contribution in [-0.4, -0.2) is 70.9 Å². The summed E-state index contributed by atoms with van der Waals surface area (Å²) in [6.07, 6.45) is 0.541. The molecule has 4 atom stereocenters. The molecule has 7 heteroatoms. The highest BCUT2D eigenvalue weighted by Gasteiger charge is 2.48. The number of ether oxygens (including phenoxy) is 7. The Bertz CT molecular complexity index is 615. The second-order valence-corrected chi connectivity index (χ2v) is 7.41. The molecule has 0 radical (unpaired) electrons. The highest BCUT2D eigenvalue weighted by atomic mass is 16.8. The summed E-state index contributed by atoms with van der Waals surface area (Å²) in [6, 6.07) is 8.31. The topological polar surface area (TPSA) is 77.8 Å². The van der Waals surface area contributed by atoms with Crippen LogP contribution < -0.4 is 0 Å². The summed E-state index contributed by atoms with van der Waals surface area (Å²) in [5, 5.41) is 0. The van der Waals surface area contributed by atoms with E-state index in [4.69, 9.17) is 33.2 Å². The fourth-order valence-corrected chi connectivity index (χ4v) is 2.86. The quantitative estimate of drug-likeness (QED) is 0.512. The predicted octanol–water partition coefficient (Wildman–Crippen LogP) is 0.986. The first-order chi connectivity index (χ1) is 12.8. The minimum atomic E-state index is -0.576.